The van der Waals surface area contributed by atoms with Gasteiger partial charge in [0, 0.05) is 6.42 Å². The van der Waals surface area contributed by atoms with Crippen LogP contribution in [0, 0.1) is 0 Å². The SMILES string of the molecule is CC(C)(C)OC(=O)C(CC(N)=O)c1ccccc1. The molecule has 4 nitrogen and oxygen atoms in total. The largest absolute Gasteiger partial charge is 0.459 e. The fourth-order valence-electron chi connectivity index (χ4n) is 1.60. The van der Waals surface area contributed by atoms with Crippen LogP contribution in [0.3, 0.4) is 0 Å². The number of rotatable bonds is 4. The standard InChI is InChI=1S/C14H19NO3/c1-14(2,3)18-13(17)11(9-12(15)16)10-7-5-4-6-8-10/h4-8,11H,9H2,1-3H3,(H2,15,16). The molecule has 1 rings (SSSR count). The van der Waals surface area contributed by atoms with Crippen molar-refractivity contribution in [1.29, 1.82) is 0 Å². The normalized spacial score (nSPS) is 12.8. The molecule has 1 amide bonds. The molecule has 1 aromatic rings. The fraction of sp³-hybridized carbons (Fsp3) is 0.429. The van der Waals surface area contributed by atoms with Crippen LogP contribution < -0.4 is 5.73 Å². The number of hydrogen-bond acceptors (Lipinski definition) is 3. The zero-order valence-electron chi connectivity index (χ0n) is 11.0. The first-order valence-electron chi connectivity index (χ1n) is 5.86. The number of esters is 1. The van der Waals surface area contributed by atoms with E-state index in [0.29, 0.717) is 0 Å². The molecule has 4 heteroatoms. The maximum atomic E-state index is 12.1. The molecule has 0 bridgehead atoms. The summed E-state index contributed by atoms with van der Waals surface area (Å²) in [6, 6.07) is 9.05. The maximum Gasteiger partial charge on any atom is 0.314 e. The van der Waals surface area contributed by atoms with Crippen molar-refractivity contribution in [3.8, 4) is 0 Å². The number of carbonyl (C=O) groups is 2. The van der Waals surface area contributed by atoms with Crippen molar-refractivity contribution in [2.75, 3.05) is 0 Å². The van der Waals surface area contributed by atoms with Crippen molar-refractivity contribution in [3.05, 3.63) is 35.9 Å². The minimum Gasteiger partial charge on any atom is -0.459 e. The van der Waals surface area contributed by atoms with Crippen LogP contribution in [0.25, 0.3) is 0 Å². The van der Waals surface area contributed by atoms with Crippen molar-refractivity contribution < 1.29 is 14.3 Å². The van der Waals surface area contributed by atoms with E-state index in [1.54, 1.807) is 32.9 Å². The van der Waals surface area contributed by atoms with Crippen molar-refractivity contribution in [1.82, 2.24) is 0 Å². The number of primary amides is 1. The van der Waals surface area contributed by atoms with Gasteiger partial charge in [-0.05, 0) is 26.3 Å². The van der Waals surface area contributed by atoms with Crippen LogP contribution in [0.15, 0.2) is 30.3 Å². The summed E-state index contributed by atoms with van der Waals surface area (Å²) in [5, 5.41) is 0. The zero-order valence-corrected chi connectivity index (χ0v) is 11.0. The van der Waals surface area contributed by atoms with Crippen LogP contribution in [-0.2, 0) is 14.3 Å². The molecular formula is C14H19NO3. The highest BCUT2D eigenvalue weighted by molar-refractivity contribution is 5.86. The molecular weight excluding hydrogens is 230 g/mol. The van der Waals surface area contributed by atoms with E-state index in [1.807, 2.05) is 18.2 Å². The summed E-state index contributed by atoms with van der Waals surface area (Å²) < 4.78 is 5.31. The predicted molar refractivity (Wildman–Crippen MR) is 68.8 cm³/mol. The van der Waals surface area contributed by atoms with Crippen molar-refractivity contribution >= 4 is 11.9 Å². The van der Waals surface area contributed by atoms with Gasteiger partial charge in [-0.15, -0.1) is 0 Å². The molecule has 0 aliphatic rings. The number of carbonyl (C=O) groups excluding carboxylic acids is 2. The van der Waals surface area contributed by atoms with Gasteiger partial charge in [-0.3, -0.25) is 9.59 Å². The van der Waals surface area contributed by atoms with Gasteiger partial charge in [0.05, 0.1) is 5.92 Å². The van der Waals surface area contributed by atoms with Crippen molar-refractivity contribution in [2.24, 2.45) is 5.73 Å². The molecule has 18 heavy (non-hydrogen) atoms. The number of nitrogens with two attached hydrogens (primary N) is 1. The van der Waals surface area contributed by atoms with Crippen LogP contribution in [0.5, 0.6) is 0 Å². The Balaban J connectivity index is 2.92. The van der Waals surface area contributed by atoms with Crippen LogP contribution >= 0.6 is 0 Å². The van der Waals surface area contributed by atoms with Gasteiger partial charge in [-0.1, -0.05) is 30.3 Å². The van der Waals surface area contributed by atoms with Crippen LogP contribution in [0.2, 0.25) is 0 Å². The summed E-state index contributed by atoms with van der Waals surface area (Å²) in [5.41, 5.74) is 5.35. The molecule has 0 radical (unpaired) electrons. The van der Waals surface area contributed by atoms with E-state index in [2.05, 4.69) is 0 Å². The second-order valence-corrected chi connectivity index (χ2v) is 5.17. The van der Waals surface area contributed by atoms with Gasteiger partial charge < -0.3 is 10.5 Å². The Morgan fingerprint density at radius 3 is 2.22 bits per heavy atom. The minimum atomic E-state index is -0.636. The molecule has 0 fully saturated rings. The molecule has 0 spiro atoms. The quantitative estimate of drug-likeness (QED) is 0.829. The highest BCUT2D eigenvalue weighted by Gasteiger charge is 2.27. The molecule has 2 N–H and O–H groups in total. The van der Waals surface area contributed by atoms with Crippen molar-refractivity contribution in [3.63, 3.8) is 0 Å². The molecule has 1 aromatic carbocycles. The third-order valence-corrected chi connectivity index (χ3v) is 2.30. The average molecular weight is 249 g/mol. The summed E-state index contributed by atoms with van der Waals surface area (Å²) in [6.07, 6.45) is -0.0427. The van der Waals surface area contributed by atoms with Gasteiger partial charge in [0.15, 0.2) is 0 Å². The highest BCUT2D eigenvalue weighted by Crippen LogP contribution is 2.23. The Morgan fingerprint density at radius 2 is 1.78 bits per heavy atom. The average Bonchev–Trinajstić information content (AvgIpc) is 2.24. The van der Waals surface area contributed by atoms with Crippen molar-refractivity contribution in [2.45, 2.75) is 38.7 Å². The molecule has 0 heterocycles. The van der Waals surface area contributed by atoms with Crippen LogP contribution in [0.4, 0.5) is 0 Å². The van der Waals surface area contributed by atoms with Gasteiger partial charge >= 0.3 is 5.97 Å². The van der Waals surface area contributed by atoms with Gasteiger partial charge in [0.25, 0.3) is 0 Å². The Bertz CT molecular complexity index is 420. The topological polar surface area (TPSA) is 69.4 Å². The van der Waals surface area contributed by atoms with E-state index >= 15 is 0 Å². The first-order valence-corrected chi connectivity index (χ1v) is 5.86. The lowest BCUT2D eigenvalue weighted by Gasteiger charge is -2.23. The second kappa shape index (κ2) is 5.67. The van der Waals surface area contributed by atoms with Gasteiger partial charge in [0.2, 0.25) is 5.91 Å². The number of amides is 1. The van der Waals surface area contributed by atoms with Crippen LogP contribution in [0.1, 0.15) is 38.7 Å². The third kappa shape index (κ3) is 4.57. The lowest BCUT2D eigenvalue weighted by Crippen LogP contribution is -2.30. The van der Waals surface area contributed by atoms with E-state index in [4.69, 9.17) is 10.5 Å². The predicted octanol–water partition coefficient (Wildman–Crippen LogP) is 1.99. The summed E-state index contributed by atoms with van der Waals surface area (Å²) in [4.78, 5) is 23.1. The molecule has 1 atom stereocenters. The monoisotopic (exact) mass is 249 g/mol. The Kier molecular flexibility index (Phi) is 4.48. The molecule has 1 unspecified atom stereocenters. The number of benzene rings is 1. The minimum absolute atomic E-state index is 0.0427. The number of ether oxygens (including phenoxy) is 1. The summed E-state index contributed by atoms with van der Waals surface area (Å²) in [5.74, 6) is -1.58. The van der Waals surface area contributed by atoms with E-state index in [9.17, 15) is 9.59 Å². The Morgan fingerprint density at radius 1 is 1.22 bits per heavy atom. The molecule has 0 aliphatic carbocycles. The molecule has 0 aromatic heterocycles. The second-order valence-electron chi connectivity index (χ2n) is 5.17. The van der Waals surface area contributed by atoms with Crippen LogP contribution in [-0.4, -0.2) is 17.5 Å². The van der Waals surface area contributed by atoms with Gasteiger partial charge in [0.1, 0.15) is 5.60 Å². The summed E-state index contributed by atoms with van der Waals surface area (Å²) in [7, 11) is 0. The first-order chi connectivity index (χ1) is 8.29. The Hall–Kier alpha value is -1.84. The smallest absolute Gasteiger partial charge is 0.314 e. The molecule has 98 valence electrons. The van der Waals surface area contributed by atoms with Gasteiger partial charge in [-0.2, -0.15) is 0 Å². The zero-order chi connectivity index (χ0) is 13.8. The molecule has 0 saturated carbocycles. The van der Waals surface area contributed by atoms with E-state index in [-0.39, 0.29) is 6.42 Å². The fourth-order valence-corrected chi connectivity index (χ4v) is 1.60. The third-order valence-electron chi connectivity index (χ3n) is 2.30. The highest BCUT2D eigenvalue weighted by atomic mass is 16.6. The molecule has 0 aliphatic heterocycles. The van der Waals surface area contributed by atoms with E-state index in [1.165, 1.54) is 0 Å². The number of hydrogen-bond donors (Lipinski definition) is 1. The van der Waals surface area contributed by atoms with Gasteiger partial charge in [-0.25, -0.2) is 0 Å². The summed E-state index contributed by atoms with van der Waals surface area (Å²) >= 11 is 0. The summed E-state index contributed by atoms with van der Waals surface area (Å²) in [6.45, 7) is 5.37. The maximum absolute atomic E-state index is 12.1. The lowest BCUT2D eigenvalue weighted by atomic mass is 9.95. The Labute approximate surface area is 107 Å². The lowest BCUT2D eigenvalue weighted by molar-refractivity contribution is -0.157. The van der Waals surface area contributed by atoms with E-state index < -0.39 is 23.4 Å². The molecule has 0 saturated heterocycles. The van der Waals surface area contributed by atoms with E-state index in [0.717, 1.165) is 5.56 Å². The first kappa shape index (κ1) is 14.2.